The molecule has 0 aliphatic heterocycles. The molecule has 128 valence electrons. The van der Waals surface area contributed by atoms with Crippen molar-refractivity contribution in [2.45, 2.75) is 31.2 Å². The van der Waals surface area contributed by atoms with Crippen LogP contribution < -0.4 is 10.6 Å². The van der Waals surface area contributed by atoms with Crippen molar-refractivity contribution in [3.63, 3.8) is 0 Å². The van der Waals surface area contributed by atoms with Gasteiger partial charge in [-0.3, -0.25) is 9.59 Å². The Morgan fingerprint density at radius 2 is 2.04 bits per heavy atom. The molecule has 0 saturated heterocycles. The number of hydrogen-bond acceptors (Lipinski definition) is 8. The smallest absolute Gasteiger partial charge is 0.316 e. The third kappa shape index (κ3) is 6.17. The highest BCUT2D eigenvalue weighted by Gasteiger charge is 2.10. The summed E-state index contributed by atoms with van der Waals surface area (Å²) in [5.74, 6) is -0.206. The van der Waals surface area contributed by atoms with Gasteiger partial charge in [0.2, 0.25) is 11.0 Å². The highest BCUT2D eigenvalue weighted by Crippen LogP contribution is 2.28. The van der Waals surface area contributed by atoms with Crippen molar-refractivity contribution in [2.24, 2.45) is 0 Å². The maximum absolute atomic E-state index is 11.5. The quantitative estimate of drug-likeness (QED) is 0.574. The zero-order valence-corrected chi connectivity index (χ0v) is 15.2. The van der Waals surface area contributed by atoms with E-state index in [1.165, 1.54) is 30.0 Å². The van der Waals surface area contributed by atoms with Gasteiger partial charge >= 0.3 is 5.97 Å². The van der Waals surface area contributed by atoms with Gasteiger partial charge in [0.15, 0.2) is 4.34 Å². The fourth-order valence-electron chi connectivity index (χ4n) is 1.74. The molecule has 1 heterocycles. The van der Waals surface area contributed by atoms with Gasteiger partial charge in [-0.2, -0.15) is 0 Å². The lowest BCUT2D eigenvalue weighted by molar-refractivity contribution is -0.144. The molecule has 0 saturated carbocycles. The molecule has 1 amide bonds. The first-order valence-electron chi connectivity index (χ1n) is 7.23. The van der Waals surface area contributed by atoms with Crippen molar-refractivity contribution >= 4 is 51.5 Å². The molecule has 0 radical (unpaired) electrons. The number of amides is 1. The molecule has 0 spiro atoms. The number of thioether (sulfide) groups is 1. The Hall–Kier alpha value is -2.13. The second-order valence-electron chi connectivity index (χ2n) is 5.09. The van der Waals surface area contributed by atoms with Gasteiger partial charge in [-0.25, -0.2) is 0 Å². The van der Waals surface area contributed by atoms with Gasteiger partial charge in [0.25, 0.3) is 0 Å². The third-order valence-corrected chi connectivity index (χ3v) is 4.47. The summed E-state index contributed by atoms with van der Waals surface area (Å²) in [5, 5.41) is 14.5. The van der Waals surface area contributed by atoms with Crippen LogP contribution in [0.25, 0.3) is 0 Å². The molecule has 1 aromatic heterocycles. The topological polar surface area (TPSA) is 93.2 Å². The summed E-state index contributed by atoms with van der Waals surface area (Å²) in [6.07, 6.45) is -0.124. The van der Waals surface area contributed by atoms with Crippen LogP contribution in [0.5, 0.6) is 0 Å². The largest absolute Gasteiger partial charge is 0.462 e. The van der Waals surface area contributed by atoms with E-state index in [2.05, 4.69) is 20.8 Å². The average Bonchev–Trinajstić information content (AvgIpc) is 2.91. The average molecular weight is 366 g/mol. The number of carbonyl (C=O) groups is 2. The Kier molecular flexibility index (Phi) is 6.56. The molecule has 1 aromatic carbocycles. The molecule has 0 bridgehead atoms. The number of hydrogen-bond donors (Lipinski definition) is 2. The van der Waals surface area contributed by atoms with Gasteiger partial charge < -0.3 is 15.4 Å². The van der Waals surface area contributed by atoms with Gasteiger partial charge in [0.05, 0.1) is 11.9 Å². The number of nitrogens with zero attached hydrogens (tertiary/aromatic N) is 2. The van der Waals surface area contributed by atoms with E-state index in [-0.39, 0.29) is 23.7 Å². The minimum atomic E-state index is -0.275. The van der Waals surface area contributed by atoms with Crippen molar-refractivity contribution < 1.29 is 14.3 Å². The van der Waals surface area contributed by atoms with Crippen LogP contribution in [0.15, 0.2) is 28.6 Å². The van der Waals surface area contributed by atoms with Gasteiger partial charge in [-0.1, -0.05) is 29.2 Å². The zero-order chi connectivity index (χ0) is 17.5. The van der Waals surface area contributed by atoms with Crippen molar-refractivity contribution in [3.05, 3.63) is 24.3 Å². The summed E-state index contributed by atoms with van der Waals surface area (Å²) in [6.45, 7) is 5.08. The molecular formula is C15H18N4O3S2. The predicted molar refractivity (Wildman–Crippen MR) is 95.9 cm³/mol. The highest BCUT2D eigenvalue weighted by atomic mass is 32.2. The number of anilines is 3. The summed E-state index contributed by atoms with van der Waals surface area (Å²) in [6, 6.07) is 7.29. The first-order valence-corrected chi connectivity index (χ1v) is 9.03. The number of carbonyl (C=O) groups excluding carboxylic acids is 2. The number of aromatic nitrogens is 2. The van der Waals surface area contributed by atoms with Crippen LogP contribution in [-0.2, 0) is 14.3 Å². The third-order valence-electron chi connectivity index (χ3n) is 2.52. The molecule has 0 fully saturated rings. The Labute approximate surface area is 148 Å². The van der Waals surface area contributed by atoms with E-state index >= 15 is 0 Å². The molecule has 24 heavy (non-hydrogen) atoms. The van der Waals surface area contributed by atoms with E-state index in [4.69, 9.17) is 4.74 Å². The van der Waals surface area contributed by atoms with E-state index in [0.717, 1.165) is 5.69 Å². The highest BCUT2D eigenvalue weighted by molar-refractivity contribution is 8.01. The van der Waals surface area contributed by atoms with Crippen LogP contribution in [0.2, 0.25) is 0 Å². The minimum absolute atomic E-state index is 0.124. The van der Waals surface area contributed by atoms with Crippen molar-refractivity contribution in [1.29, 1.82) is 0 Å². The Morgan fingerprint density at radius 1 is 1.29 bits per heavy atom. The van der Waals surface area contributed by atoms with Crippen LogP contribution in [0.4, 0.5) is 16.5 Å². The van der Waals surface area contributed by atoms with E-state index in [0.29, 0.717) is 15.2 Å². The molecule has 2 aromatic rings. The van der Waals surface area contributed by atoms with Gasteiger partial charge in [-0.15, -0.1) is 10.2 Å². The van der Waals surface area contributed by atoms with Crippen molar-refractivity contribution in [3.8, 4) is 0 Å². The first-order chi connectivity index (χ1) is 11.4. The molecular weight excluding hydrogens is 348 g/mol. The molecule has 7 nitrogen and oxygen atoms in total. The van der Waals surface area contributed by atoms with Gasteiger partial charge in [-0.05, 0) is 32.0 Å². The fourth-order valence-corrected chi connectivity index (χ4v) is 3.29. The zero-order valence-electron chi connectivity index (χ0n) is 13.5. The normalized spacial score (nSPS) is 10.5. The van der Waals surface area contributed by atoms with Gasteiger partial charge in [0, 0.05) is 18.3 Å². The van der Waals surface area contributed by atoms with Crippen LogP contribution in [0.3, 0.4) is 0 Å². The maximum atomic E-state index is 11.5. The van der Waals surface area contributed by atoms with E-state index < -0.39 is 0 Å². The molecule has 0 aliphatic carbocycles. The van der Waals surface area contributed by atoms with E-state index in [9.17, 15) is 9.59 Å². The minimum Gasteiger partial charge on any atom is -0.462 e. The first kappa shape index (κ1) is 18.2. The number of esters is 1. The number of nitrogens with one attached hydrogen (secondary N) is 2. The standard InChI is InChI=1S/C15H18N4O3S2/c1-9(2)22-13(21)8-23-15-19-18-14(24-15)17-12-6-4-5-11(7-12)16-10(3)20/h4-7,9H,8H2,1-3H3,(H,16,20)(H,17,18). The fraction of sp³-hybridized carbons (Fsp3) is 0.333. The van der Waals surface area contributed by atoms with Crippen LogP contribution in [0, 0.1) is 0 Å². The maximum Gasteiger partial charge on any atom is 0.316 e. The summed E-state index contributed by atoms with van der Waals surface area (Å²) in [4.78, 5) is 22.6. The van der Waals surface area contributed by atoms with Crippen LogP contribution in [0.1, 0.15) is 20.8 Å². The summed E-state index contributed by atoms with van der Waals surface area (Å²) < 4.78 is 5.74. The molecule has 9 heteroatoms. The number of ether oxygens (including phenoxy) is 1. The Morgan fingerprint density at radius 3 is 2.75 bits per heavy atom. The molecule has 0 aliphatic rings. The summed E-state index contributed by atoms with van der Waals surface area (Å²) in [5.41, 5.74) is 1.48. The Balaban J connectivity index is 1.91. The lowest BCUT2D eigenvalue weighted by Gasteiger charge is -2.06. The van der Waals surface area contributed by atoms with Crippen LogP contribution in [-0.4, -0.2) is 33.9 Å². The van der Waals surface area contributed by atoms with Crippen molar-refractivity contribution in [1.82, 2.24) is 10.2 Å². The summed E-state index contributed by atoms with van der Waals surface area (Å²) in [7, 11) is 0. The Bertz CT molecular complexity index is 718. The molecule has 0 unspecified atom stereocenters. The SMILES string of the molecule is CC(=O)Nc1cccc(Nc2nnc(SCC(=O)OC(C)C)s2)c1. The monoisotopic (exact) mass is 366 g/mol. The predicted octanol–water partition coefficient (Wildman–Crippen LogP) is 3.28. The number of rotatable bonds is 7. The van der Waals surface area contributed by atoms with Crippen molar-refractivity contribution in [2.75, 3.05) is 16.4 Å². The molecule has 2 N–H and O–H groups in total. The number of benzene rings is 1. The lowest BCUT2D eigenvalue weighted by Crippen LogP contribution is -2.13. The van der Waals surface area contributed by atoms with Gasteiger partial charge in [0.1, 0.15) is 0 Å². The van der Waals surface area contributed by atoms with E-state index in [1.54, 1.807) is 12.1 Å². The van der Waals surface area contributed by atoms with Crippen LogP contribution >= 0.6 is 23.1 Å². The lowest BCUT2D eigenvalue weighted by atomic mass is 10.3. The second kappa shape index (κ2) is 8.65. The summed E-state index contributed by atoms with van der Waals surface area (Å²) >= 11 is 2.63. The van der Waals surface area contributed by atoms with E-state index in [1.807, 2.05) is 26.0 Å². The molecule has 2 rings (SSSR count). The molecule has 0 atom stereocenters. The second-order valence-corrected chi connectivity index (χ2v) is 7.29.